The molecule has 2 amide bonds. The van der Waals surface area contributed by atoms with Gasteiger partial charge in [-0.25, -0.2) is 9.18 Å². The number of nitrogens with zero attached hydrogens (tertiary/aromatic N) is 1. The standard InChI is InChI=1S/C18H19FN2O4S/c1-3-21(17(23)14-8-9-15(26-14)18(24)25-2)11-16(22)20-10-12-4-6-13(19)7-5-12/h4-9H,3,10-11H2,1-2H3,(H,20,22). The van der Waals surface area contributed by atoms with Crippen LogP contribution in [-0.4, -0.2) is 42.9 Å². The second-order valence-electron chi connectivity index (χ2n) is 5.38. The quantitative estimate of drug-likeness (QED) is 0.751. The van der Waals surface area contributed by atoms with E-state index in [2.05, 4.69) is 10.1 Å². The van der Waals surface area contributed by atoms with Crippen LogP contribution in [0.4, 0.5) is 4.39 Å². The van der Waals surface area contributed by atoms with E-state index in [-0.39, 0.29) is 30.7 Å². The van der Waals surface area contributed by atoms with Gasteiger partial charge in [0.2, 0.25) is 5.91 Å². The first kappa shape index (κ1) is 19.6. The zero-order valence-electron chi connectivity index (χ0n) is 14.5. The van der Waals surface area contributed by atoms with Crippen LogP contribution in [0.25, 0.3) is 0 Å². The molecule has 0 radical (unpaired) electrons. The molecule has 138 valence electrons. The van der Waals surface area contributed by atoms with Gasteiger partial charge in [-0.05, 0) is 36.8 Å². The highest BCUT2D eigenvalue weighted by Crippen LogP contribution is 2.19. The third-order valence-corrected chi connectivity index (χ3v) is 4.66. The number of rotatable bonds is 7. The number of hydrogen-bond donors (Lipinski definition) is 1. The fourth-order valence-corrected chi connectivity index (χ4v) is 3.07. The van der Waals surface area contributed by atoms with Gasteiger partial charge in [-0.15, -0.1) is 11.3 Å². The predicted octanol–water partition coefficient (Wildman–Crippen LogP) is 2.45. The summed E-state index contributed by atoms with van der Waals surface area (Å²) in [4.78, 5) is 38.2. The Morgan fingerprint density at radius 2 is 1.77 bits per heavy atom. The average Bonchev–Trinajstić information content (AvgIpc) is 3.14. The van der Waals surface area contributed by atoms with Gasteiger partial charge in [0, 0.05) is 13.1 Å². The summed E-state index contributed by atoms with van der Waals surface area (Å²) in [5.74, 6) is -1.50. The monoisotopic (exact) mass is 378 g/mol. The number of hydrogen-bond acceptors (Lipinski definition) is 5. The molecule has 6 nitrogen and oxygen atoms in total. The van der Waals surface area contributed by atoms with Crippen molar-refractivity contribution < 1.29 is 23.5 Å². The Kier molecular flexibility index (Phi) is 6.85. The van der Waals surface area contributed by atoms with Crippen molar-refractivity contribution in [1.29, 1.82) is 0 Å². The SMILES string of the molecule is CCN(CC(=O)NCc1ccc(F)cc1)C(=O)c1ccc(C(=O)OC)s1. The van der Waals surface area contributed by atoms with Crippen molar-refractivity contribution in [3.8, 4) is 0 Å². The van der Waals surface area contributed by atoms with Gasteiger partial charge in [-0.3, -0.25) is 9.59 Å². The summed E-state index contributed by atoms with van der Waals surface area (Å²) < 4.78 is 17.5. The molecule has 8 heteroatoms. The summed E-state index contributed by atoms with van der Waals surface area (Å²) in [7, 11) is 1.27. The maximum Gasteiger partial charge on any atom is 0.348 e. The largest absolute Gasteiger partial charge is 0.465 e. The number of carbonyl (C=O) groups is 3. The van der Waals surface area contributed by atoms with E-state index in [1.165, 1.54) is 30.2 Å². The van der Waals surface area contributed by atoms with E-state index in [0.29, 0.717) is 16.3 Å². The molecule has 0 aliphatic carbocycles. The number of nitrogens with one attached hydrogen (secondary N) is 1. The van der Waals surface area contributed by atoms with Gasteiger partial charge in [-0.2, -0.15) is 0 Å². The van der Waals surface area contributed by atoms with Crippen LogP contribution in [0.3, 0.4) is 0 Å². The van der Waals surface area contributed by atoms with E-state index < -0.39 is 5.97 Å². The molecule has 1 heterocycles. The van der Waals surface area contributed by atoms with E-state index >= 15 is 0 Å². The molecule has 0 spiro atoms. The minimum absolute atomic E-state index is 0.109. The normalized spacial score (nSPS) is 10.3. The van der Waals surface area contributed by atoms with Crippen molar-refractivity contribution in [2.75, 3.05) is 20.2 Å². The lowest BCUT2D eigenvalue weighted by molar-refractivity contribution is -0.121. The van der Waals surface area contributed by atoms with Crippen LogP contribution in [0.2, 0.25) is 0 Å². The lowest BCUT2D eigenvalue weighted by Crippen LogP contribution is -2.40. The fourth-order valence-electron chi connectivity index (χ4n) is 2.18. The molecule has 26 heavy (non-hydrogen) atoms. The molecular formula is C18H19FN2O4S. The maximum atomic E-state index is 12.9. The summed E-state index contributed by atoms with van der Waals surface area (Å²) in [6.45, 7) is 2.24. The van der Waals surface area contributed by atoms with Crippen LogP contribution in [-0.2, 0) is 16.1 Å². The second kappa shape index (κ2) is 9.10. The zero-order chi connectivity index (χ0) is 19.1. The Hall–Kier alpha value is -2.74. The number of esters is 1. The van der Waals surface area contributed by atoms with E-state index in [1.54, 1.807) is 25.1 Å². The number of carbonyl (C=O) groups excluding carboxylic acids is 3. The van der Waals surface area contributed by atoms with Crippen LogP contribution >= 0.6 is 11.3 Å². The minimum atomic E-state index is -0.505. The Morgan fingerprint density at radius 3 is 2.38 bits per heavy atom. The van der Waals surface area contributed by atoms with Gasteiger partial charge in [0.15, 0.2) is 0 Å². The van der Waals surface area contributed by atoms with Gasteiger partial charge in [0.05, 0.1) is 18.5 Å². The van der Waals surface area contributed by atoms with Crippen molar-refractivity contribution in [1.82, 2.24) is 10.2 Å². The molecule has 0 bridgehead atoms. The lowest BCUT2D eigenvalue weighted by atomic mass is 10.2. The molecule has 0 aliphatic rings. The Labute approximate surface area is 154 Å². The molecule has 0 saturated heterocycles. The van der Waals surface area contributed by atoms with Crippen LogP contribution in [0, 0.1) is 5.82 Å². The molecule has 0 unspecified atom stereocenters. The number of methoxy groups -OCH3 is 1. The van der Waals surface area contributed by atoms with Gasteiger partial charge >= 0.3 is 5.97 Å². The van der Waals surface area contributed by atoms with Crippen LogP contribution in [0.15, 0.2) is 36.4 Å². The number of benzene rings is 1. The second-order valence-corrected chi connectivity index (χ2v) is 6.46. The molecule has 2 aromatic rings. The molecule has 2 rings (SSSR count). The van der Waals surface area contributed by atoms with Gasteiger partial charge in [0.1, 0.15) is 10.7 Å². The van der Waals surface area contributed by atoms with Crippen LogP contribution in [0.1, 0.15) is 31.8 Å². The first-order chi connectivity index (χ1) is 12.4. The molecule has 0 aliphatic heterocycles. The van der Waals surface area contributed by atoms with E-state index in [1.807, 2.05) is 0 Å². The molecule has 0 saturated carbocycles. The highest BCUT2D eigenvalue weighted by atomic mass is 32.1. The number of amides is 2. The highest BCUT2D eigenvalue weighted by Gasteiger charge is 2.20. The van der Waals surface area contributed by atoms with E-state index in [0.717, 1.165) is 16.9 Å². The summed E-state index contributed by atoms with van der Waals surface area (Å²) in [5.41, 5.74) is 0.759. The molecular weight excluding hydrogens is 359 g/mol. The summed E-state index contributed by atoms with van der Waals surface area (Å²) in [6, 6.07) is 8.86. The third-order valence-electron chi connectivity index (χ3n) is 3.61. The first-order valence-corrected chi connectivity index (χ1v) is 8.74. The Bertz CT molecular complexity index is 789. The van der Waals surface area contributed by atoms with E-state index in [9.17, 15) is 18.8 Å². The van der Waals surface area contributed by atoms with E-state index in [4.69, 9.17) is 0 Å². The summed E-state index contributed by atoms with van der Waals surface area (Å²) in [5, 5.41) is 2.70. The van der Waals surface area contributed by atoms with Crippen molar-refractivity contribution in [3.63, 3.8) is 0 Å². The number of ether oxygens (including phenoxy) is 1. The molecule has 0 atom stereocenters. The highest BCUT2D eigenvalue weighted by molar-refractivity contribution is 7.15. The van der Waals surface area contributed by atoms with Crippen molar-refractivity contribution >= 4 is 29.1 Å². The number of thiophene rings is 1. The fraction of sp³-hybridized carbons (Fsp3) is 0.278. The number of halogens is 1. The van der Waals surface area contributed by atoms with Crippen molar-refractivity contribution in [2.45, 2.75) is 13.5 Å². The van der Waals surface area contributed by atoms with Crippen LogP contribution < -0.4 is 5.32 Å². The van der Waals surface area contributed by atoms with Gasteiger partial charge in [0.25, 0.3) is 5.91 Å². The lowest BCUT2D eigenvalue weighted by Gasteiger charge is -2.19. The minimum Gasteiger partial charge on any atom is -0.465 e. The molecule has 0 fully saturated rings. The van der Waals surface area contributed by atoms with Crippen molar-refractivity contribution in [3.05, 3.63) is 57.5 Å². The van der Waals surface area contributed by atoms with Gasteiger partial charge < -0.3 is 15.0 Å². The Morgan fingerprint density at radius 1 is 1.12 bits per heavy atom. The van der Waals surface area contributed by atoms with Gasteiger partial charge in [-0.1, -0.05) is 12.1 Å². The first-order valence-electron chi connectivity index (χ1n) is 7.93. The molecule has 1 aromatic carbocycles. The Balaban J connectivity index is 1.93. The van der Waals surface area contributed by atoms with Crippen molar-refractivity contribution in [2.24, 2.45) is 0 Å². The predicted molar refractivity (Wildman–Crippen MR) is 95.5 cm³/mol. The molecule has 1 N–H and O–H groups in total. The van der Waals surface area contributed by atoms with Crippen LogP contribution in [0.5, 0.6) is 0 Å². The topological polar surface area (TPSA) is 75.7 Å². The third kappa shape index (κ3) is 5.13. The summed E-state index contributed by atoms with van der Waals surface area (Å²) in [6.07, 6.45) is 0. The maximum absolute atomic E-state index is 12.9. The summed E-state index contributed by atoms with van der Waals surface area (Å²) >= 11 is 1.02. The average molecular weight is 378 g/mol. The smallest absolute Gasteiger partial charge is 0.348 e. The molecule has 1 aromatic heterocycles. The number of likely N-dealkylation sites (N-methyl/N-ethyl adjacent to an activating group) is 1. The zero-order valence-corrected chi connectivity index (χ0v) is 15.3.